The van der Waals surface area contributed by atoms with Crippen molar-refractivity contribution < 1.29 is 10.2 Å². The van der Waals surface area contributed by atoms with E-state index in [2.05, 4.69) is 79.7 Å². The van der Waals surface area contributed by atoms with Crippen LogP contribution in [0.25, 0.3) is 0 Å². The van der Waals surface area contributed by atoms with Gasteiger partial charge in [0.2, 0.25) is 0 Å². The Morgan fingerprint density at radius 2 is 1.05 bits per heavy atom. The van der Waals surface area contributed by atoms with Gasteiger partial charge in [-0.25, -0.2) is 0 Å². The normalized spacial score (nSPS) is 18.3. The maximum Gasteiger partial charge on any atom is 0.127 e. The minimum atomic E-state index is 0.200. The number of hydrogen-bond acceptors (Lipinski definition) is 4. The van der Waals surface area contributed by atoms with Crippen molar-refractivity contribution in [1.82, 2.24) is 0 Å². The molecule has 4 nitrogen and oxygen atoms in total. The molecule has 0 aliphatic heterocycles. The van der Waals surface area contributed by atoms with E-state index in [1.807, 2.05) is 12.4 Å². The molecular formula is C35H52N2O2. The molecule has 0 spiro atoms. The highest BCUT2D eigenvalue weighted by atomic mass is 16.3. The Labute approximate surface area is 237 Å². The monoisotopic (exact) mass is 532 g/mol. The number of rotatable bonds is 12. The van der Waals surface area contributed by atoms with E-state index < -0.39 is 0 Å². The molecule has 3 rings (SSSR count). The summed E-state index contributed by atoms with van der Waals surface area (Å²) >= 11 is 0. The van der Waals surface area contributed by atoms with Crippen molar-refractivity contribution in [3.05, 3.63) is 57.6 Å². The lowest BCUT2D eigenvalue weighted by Crippen LogP contribution is -2.04. The molecule has 1 fully saturated rings. The van der Waals surface area contributed by atoms with E-state index in [4.69, 9.17) is 9.98 Å². The van der Waals surface area contributed by atoms with Gasteiger partial charge in [-0.2, -0.15) is 0 Å². The summed E-state index contributed by atoms with van der Waals surface area (Å²) in [7, 11) is 0. The van der Waals surface area contributed by atoms with Crippen LogP contribution in [0.5, 0.6) is 11.5 Å². The Morgan fingerprint density at radius 3 is 1.38 bits per heavy atom. The van der Waals surface area contributed by atoms with Crippen molar-refractivity contribution in [1.29, 1.82) is 0 Å². The molecule has 4 heteroatoms. The van der Waals surface area contributed by atoms with Gasteiger partial charge >= 0.3 is 0 Å². The Hall–Kier alpha value is -2.62. The van der Waals surface area contributed by atoms with E-state index in [1.165, 1.54) is 11.1 Å². The Bertz CT molecular complexity index is 1050. The lowest BCUT2D eigenvalue weighted by atomic mass is 9.93. The molecule has 0 heterocycles. The SMILES string of the molecule is CC(C)CCc1cc(C=NC2CCC(N=Cc3cc(CCC(C)C)cc(C(C)C)c3O)C2)c(O)c(C(C)C)c1. The summed E-state index contributed by atoms with van der Waals surface area (Å²) in [5.74, 6) is 2.55. The molecule has 39 heavy (non-hydrogen) atoms. The van der Waals surface area contributed by atoms with E-state index in [0.717, 1.165) is 67.2 Å². The lowest BCUT2D eigenvalue weighted by Gasteiger charge is -2.15. The molecule has 0 aromatic heterocycles. The van der Waals surface area contributed by atoms with Crippen molar-refractivity contribution in [2.24, 2.45) is 21.8 Å². The van der Waals surface area contributed by atoms with E-state index in [-0.39, 0.29) is 23.9 Å². The molecule has 1 saturated carbocycles. The number of phenolic OH excluding ortho intramolecular Hbond substituents is 2. The smallest absolute Gasteiger partial charge is 0.127 e. The topological polar surface area (TPSA) is 65.2 Å². The maximum atomic E-state index is 10.9. The van der Waals surface area contributed by atoms with Crippen LogP contribution < -0.4 is 0 Å². The van der Waals surface area contributed by atoms with Crippen LogP contribution in [0.3, 0.4) is 0 Å². The number of hydrogen-bond donors (Lipinski definition) is 2. The first-order valence-corrected chi connectivity index (χ1v) is 15.2. The van der Waals surface area contributed by atoms with E-state index in [9.17, 15) is 10.2 Å². The quantitative estimate of drug-likeness (QED) is 0.268. The molecule has 0 saturated heterocycles. The fraction of sp³-hybridized carbons (Fsp3) is 0.600. The summed E-state index contributed by atoms with van der Waals surface area (Å²) in [6, 6.07) is 8.95. The first-order valence-electron chi connectivity index (χ1n) is 15.2. The van der Waals surface area contributed by atoms with Crippen molar-refractivity contribution in [2.75, 3.05) is 0 Å². The van der Waals surface area contributed by atoms with Gasteiger partial charge in [0.25, 0.3) is 0 Å². The molecule has 0 bridgehead atoms. The molecule has 214 valence electrons. The molecular weight excluding hydrogens is 480 g/mol. The van der Waals surface area contributed by atoms with Gasteiger partial charge in [0, 0.05) is 23.6 Å². The highest BCUT2D eigenvalue weighted by Gasteiger charge is 2.23. The average Bonchev–Trinajstić information content (AvgIpc) is 3.33. The van der Waals surface area contributed by atoms with E-state index in [1.54, 1.807) is 0 Å². The highest BCUT2D eigenvalue weighted by Crippen LogP contribution is 2.33. The molecule has 2 unspecified atom stereocenters. The molecule has 0 radical (unpaired) electrons. The summed E-state index contributed by atoms with van der Waals surface area (Å²) in [5, 5.41) is 21.9. The van der Waals surface area contributed by atoms with Gasteiger partial charge in [-0.15, -0.1) is 0 Å². The Balaban J connectivity index is 1.73. The number of aliphatic imine (C=N–C) groups is 2. The zero-order valence-corrected chi connectivity index (χ0v) is 25.7. The van der Waals surface area contributed by atoms with Crippen LogP contribution in [0, 0.1) is 11.8 Å². The zero-order valence-electron chi connectivity index (χ0n) is 25.7. The summed E-state index contributed by atoms with van der Waals surface area (Å²) in [5.41, 5.74) is 6.21. The molecule has 1 aliphatic carbocycles. The molecule has 2 N–H and O–H groups in total. The van der Waals surface area contributed by atoms with Crippen molar-refractivity contribution in [3.63, 3.8) is 0 Å². The molecule has 2 aromatic rings. The third-order valence-electron chi connectivity index (χ3n) is 7.95. The second kappa shape index (κ2) is 14.1. The molecule has 2 atom stereocenters. The third kappa shape index (κ3) is 8.95. The fourth-order valence-electron chi connectivity index (χ4n) is 5.34. The van der Waals surface area contributed by atoms with Crippen LogP contribution in [-0.2, 0) is 12.8 Å². The second-order valence-corrected chi connectivity index (χ2v) is 13.1. The average molecular weight is 533 g/mol. The van der Waals surface area contributed by atoms with Crippen LogP contribution in [0.1, 0.15) is 133 Å². The zero-order chi connectivity index (χ0) is 28.7. The minimum absolute atomic E-state index is 0.200. The number of aromatic hydroxyl groups is 2. The number of nitrogens with zero attached hydrogens (tertiary/aromatic N) is 2. The lowest BCUT2D eigenvalue weighted by molar-refractivity contribution is 0.463. The van der Waals surface area contributed by atoms with Crippen LogP contribution in [0.15, 0.2) is 34.3 Å². The fourth-order valence-corrected chi connectivity index (χ4v) is 5.34. The van der Waals surface area contributed by atoms with Gasteiger partial charge in [0.15, 0.2) is 0 Å². The summed E-state index contributed by atoms with van der Waals surface area (Å²) in [4.78, 5) is 9.80. The molecule has 2 aromatic carbocycles. The van der Waals surface area contributed by atoms with Gasteiger partial charge in [0.05, 0.1) is 12.1 Å². The number of benzene rings is 2. The van der Waals surface area contributed by atoms with Crippen LogP contribution >= 0.6 is 0 Å². The molecule has 1 aliphatic rings. The predicted octanol–water partition coefficient (Wildman–Crippen LogP) is 8.98. The predicted molar refractivity (Wildman–Crippen MR) is 167 cm³/mol. The largest absolute Gasteiger partial charge is 0.507 e. The number of phenols is 2. The van der Waals surface area contributed by atoms with Crippen LogP contribution in [-0.4, -0.2) is 34.7 Å². The summed E-state index contributed by atoms with van der Waals surface area (Å²) < 4.78 is 0. The second-order valence-electron chi connectivity index (χ2n) is 13.1. The van der Waals surface area contributed by atoms with Gasteiger partial charge in [-0.1, -0.05) is 67.5 Å². The van der Waals surface area contributed by atoms with Crippen molar-refractivity contribution >= 4 is 12.4 Å². The van der Waals surface area contributed by atoms with Crippen LogP contribution in [0.2, 0.25) is 0 Å². The summed E-state index contributed by atoms with van der Waals surface area (Å²) in [6.45, 7) is 17.5. The van der Waals surface area contributed by atoms with Crippen LogP contribution in [0.4, 0.5) is 0 Å². The molecule has 0 amide bonds. The highest BCUT2D eigenvalue weighted by molar-refractivity contribution is 5.85. The first kappa shape index (κ1) is 30.9. The van der Waals surface area contributed by atoms with Gasteiger partial charge in [-0.05, 0) is 103 Å². The third-order valence-corrected chi connectivity index (χ3v) is 7.95. The van der Waals surface area contributed by atoms with Gasteiger partial charge in [0.1, 0.15) is 11.5 Å². The first-order chi connectivity index (χ1) is 18.4. The van der Waals surface area contributed by atoms with E-state index in [0.29, 0.717) is 23.3 Å². The van der Waals surface area contributed by atoms with Gasteiger partial charge < -0.3 is 10.2 Å². The Kier molecular flexibility index (Phi) is 11.2. The van der Waals surface area contributed by atoms with E-state index >= 15 is 0 Å². The van der Waals surface area contributed by atoms with Crippen molar-refractivity contribution in [3.8, 4) is 11.5 Å². The van der Waals surface area contributed by atoms with Crippen molar-refractivity contribution in [2.45, 2.75) is 124 Å². The summed E-state index contributed by atoms with van der Waals surface area (Å²) in [6.07, 6.45) is 10.9. The standard InChI is InChI=1S/C35H52N2O2/c1-22(2)9-11-26-15-28(34(38)32(17-26)24(5)6)20-36-30-13-14-31(19-30)37-21-29-16-27(12-10-23(3)4)18-33(25(7)8)35(29)39/h15-18,20-25,30-31,38-39H,9-14,19H2,1-8H3. The Morgan fingerprint density at radius 1 is 0.667 bits per heavy atom. The van der Waals surface area contributed by atoms with Gasteiger partial charge in [-0.3, -0.25) is 9.98 Å². The number of aryl methyl sites for hydroxylation is 2. The minimum Gasteiger partial charge on any atom is -0.507 e. The maximum absolute atomic E-state index is 10.9.